The molecule has 0 bridgehead atoms. The highest BCUT2D eigenvalue weighted by Crippen LogP contribution is 2.09. The van der Waals surface area contributed by atoms with Crippen LogP contribution in [-0.4, -0.2) is 37.7 Å². The number of anilines is 1. The Hall–Kier alpha value is -2.36. The summed E-state index contributed by atoms with van der Waals surface area (Å²) in [5, 5.41) is 9.12. The molecule has 2 rings (SSSR count). The normalized spacial score (nSPS) is 10.5. The number of aromatic nitrogens is 1. The molecule has 1 heterocycles. The number of amides is 1. The van der Waals surface area contributed by atoms with E-state index in [2.05, 4.69) is 30.7 Å². The molecule has 0 saturated heterocycles. The Morgan fingerprint density at radius 1 is 1.15 bits per heavy atom. The average molecular weight is 469 g/mol. The van der Waals surface area contributed by atoms with E-state index in [1.807, 2.05) is 42.5 Å². The van der Waals surface area contributed by atoms with Crippen LogP contribution >= 0.6 is 24.0 Å². The van der Waals surface area contributed by atoms with Crippen LogP contribution in [0.1, 0.15) is 11.3 Å². The molecule has 0 aliphatic rings. The molecule has 1 aromatic carbocycles. The first-order chi connectivity index (χ1) is 12.2. The standard InChI is InChI=1S/C18H23N5O2.HI/c1-19-17(21-12-10-15-5-3-4-11-20-15)22-13-14-6-8-16(9-7-14)23-18(24)25-2;/h3-9,11H,10,12-13H2,1-2H3,(H,23,24)(H2,19,21,22);1H. The van der Waals surface area contributed by atoms with Gasteiger partial charge in [0.05, 0.1) is 7.11 Å². The summed E-state index contributed by atoms with van der Waals surface area (Å²) in [5.41, 5.74) is 2.80. The van der Waals surface area contributed by atoms with Crippen molar-refractivity contribution in [2.45, 2.75) is 13.0 Å². The second-order valence-corrected chi connectivity index (χ2v) is 5.24. The molecule has 1 amide bonds. The van der Waals surface area contributed by atoms with E-state index < -0.39 is 6.09 Å². The summed E-state index contributed by atoms with van der Waals surface area (Å²) in [4.78, 5) is 19.6. The quantitative estimate of drug-likeness (QED) is 0.344. The van der Waals surface area contributed by atoms with E-state index >= 15 is 0 Å². The number of hydrogen-bond acceptors (Lipinski definition) is 4. The predicted molar refractivity (Wildman–Crippen MR) is 114 cm³/mol. The number of carbonyl (C=O) groups is 1. The number of pyridine rings is 1. The van der Waals surface area contributed by atoms with Gasteiger partial charge in [0.2, 0.25) is 0 Å². The van der Waals surface area contributed by atoms with Crippen LogP contribution in [0.2, 0.25) is 0 Å². The van der Waals surface area contributed by atoms with Crippen molar-refractivity contribution in [1.82, 2.24) is 15.6 Å². The van der Waals surface area contributed by atoms with E-state index in [-0.39, 0.29) is 24.0 Å². The monoisotopic (exact) mass is 469 g/mol. The van der Waals surface area contributed by atoms with E-state index in [0.717, 1.165) is 30.2 Å². The number of methoxy groups -OCH3 is 1. The molecule has 26 heavy (non-hydrogen) atoms. The maximum absolute atomic E-state index is 11.1. The van der Waals surface area contributed by atoms with Gasteiger partial charge in [0.25, 0.3) is 0 Å². The van der Waals surface area contributed by atoms with Crippen LogP contribution in [0.15, 0.2) is 53.7 Å². The van der Waals surface area contributed by atoms with Crippen LogP contribution in [-0.2, 0) is 17.7 Å². The summed E-state index contributed by atoms with van der Waals surface area (Å²) in [7, 11) is 3.07. The van der Waals surface area contributed by atoms with Gasteiger partial charge in [-0.15, -0.1) is 24.0 Å². The topological polar surface area (TPSA) is 87.6 Å². The third kappa shape index (κ3) is 7.68. The Bertz CT molecular complexity index is 692. The second kappa shape index (κ2) is 12.1. The minimum atomic E-state index is -0.483. The van der Waals surface area contributed by atoms with E-state index in [1.165, 1.54) is 7.11 Å². The summed E-state index contributed by atoms with van der Waals surface area (Å²) >= 11 is 0. The van der Waals surface area contributed by atoms with E-state index in [9.17, 15) is 4.79 Å². The summed E-state index contributed by atoms with van der Waals surface area (Å²) in [6.45, 7) is 1.38. The summed E-state index contributed by atoms with van der Waals surface area (Å²) in [5.74, 6) is 0.729. The zero-order valence-electron chi connectivity index (χ0n) is 14.9. The first-order valence-electron chi connectivity index (χ1n) is 7.99. The molecule has 2 aromatic rings. The van der Waals surface area contributed by atoms with Crippen LogP contribution < -0.4 is 16.0 Å². The SMILES string of the molecule is CN=C(NCCc1ccccn1)NCc1ccc(NC(=O)OC)cc1.I. The Morgan fingerprint density at radius 2 is 1.92 bits per heavy atom. The van der Waals surface area contributed by atoms with Crippen molar-refractivity contribution in [3.8, 4) is 0 Å². The molecule has 0 radical (unpaired) electrons. The fourth-order valence-electron chi connectivity index (χ4n) is 2.14. The molecule has 0 aliphatic heterocycles. The minimum absolute atomic E-state index is 0. The third-order valence-corrected chi connectivity index (χ3v) is 3.47. The molecule has 0 saturated carbocycles. The van der Waals surface area contributed by atoms with Crippen LogP contribution in [0.4, 0.5) is 10.5 Å². The number of nitrogens with zero attached hydrogens (tertiary/aromatic N) is 2. The number of guanidine groups is 1. The van der Waals surface area contributed by atoms with Crippen molar-refractivity contribution in [2.24, 2.45) is 4.99 Å². The second-order valence-electron chi connectivity index (χ2n) is 5.24. The number of nitrogens with one attached hydrogen (secondary N) is 3. The first kappa shape index (κ1) is 21.7. The summed E-state index contributed by atoms with van der Waals surface area (Å²) in [6, 6.07) is 13.4. The molecule has 0 spiro atoms. The van der Waals surface area contributed by atoms with Crippen molar-refractivity contribution in [3.63, 3.8) is 0 Å². The Balaban J connectivity index is 0.00000338. The van der Waals surface area contributed by atoms with E-state index in [0.29, 0.717) is 12.2 Å². The third-order valence-electron chi connectivity index (χ3n) is 3.47. The molecular weight excluding hydrogens is 445 g/mol. The van der Waals surface area contributed by atoms with Gasteiger partial charge in [-0.25, -0.2) is 4.79 Å². The maximum Gasteiger partial charge on any atom is 0.411 e. The number of halogens is 1. The first-order valence-corrected chi connectivity index (χ1v) is 7.99. The van der Waals surface area contributed by atoms with Gasteiger partial charge < -0.3 is 15.4 Å². The lowest BCUT2D eigenvalue weighted by Crippen LogP contribution is -2.37. The molecule has 0 fully saturated rings. The lowest BCUT2D eigenvalue weighted by Gasteiger charge is -2.12. The Labute approximate surface area is 170 Å². The minimum Gasteiger partial charge on any atom is -0.453 e. The van der Waals surface area contributed by atoms with Crippen molar-refractivity contribution < 1.29 is 9.53 Å². The highest BCUT2D eigenvalue weighted by atomic mass is 127. The van der Waals surface area contributed by atoms with Gasteiger partial charge in [-0.1, -0.05) is 18.2 Å². The summed E-state index contributed by atoms with van der Waals surface area (Å²) in [6.07, 6.45) is 2.14. The zero-order chi connectivity index (χ0) is 17.9. The van der Waals surface area contributed by atoms with Gasteiger partial charge in [-0.3, -0.25) is 15.3 Å². The van der Waals surface area contributed by atoms with Gasteiger partial charge in [-0.2, -0.15) is 0 Å². The molecule has 140 valence electrons. The fraction of sp³-hybridized carbons (Fsp3) is 0.278. The number of hydrogen-bond donors (Lipinski definition) is 3. The van der Waals surface area contributed by atoms with Crippen molar-refractivity contribution >= 4 is 41.7 Å². The molecular formula is C18H24IN5O2. The Kier molecular flexibility index (Phi) is 10.1. The Morgan fingerprint density at radius 3 is 2.54 bits per heavy atom. The number of benzene rings is 1. The molecule has 8 heteroatoms. The number of carbonyl (C=O) groups excluding carboxylic acids is 1. The van der Waals surface area contributed by atoms with E-state index in [1.54, 1.807) is 13.2 Å². The van der Waals surface area contributed by atoms with Crippen molar-refractivity contribution in [1.29, 1.82) is 0 Å². The van der Waals surface area contributed by atoms with Crippen LogP contribution in [0.5, 0.6) is 0 Å². The zero-order valence-corrected chi connectivity index (χ0v) is 17.2. The fourth-order valence-corrected chi connectivity index (χ4v) is 2.14. The van der Waals surface area contributed by atoms with Crippen LogP contribution in [0.3, 0.4) is 0 Å². The molecule has 1 aromatic heterocycles. The average Bonchev–Trinajstić information content (AvgIpc) is 2.66. The van der Waals surface area contributed by atoms with Crippen molar-refractivity contribution in [3.05, 3.63) is 59.9 Å². The maximum atomic E-state index is 11.1. The molecule has 3 N–H and O–H groups in total. The number of ether oxygens (including phenoxy) is 1. The lowest BCUT2D eigenvalue weighted by atomic mass is 10.2. The highest BCUT2D eigenvalue weighted by Gasteiger charge is 2.02. The van der Waals surface area contributed by atoms with Gasteiger partial charge in [0.1, 0.15) is 0 Å². The molecule has 0 atom stereocenters. The van der Waals surface area contributed by atoms with Crippen LogP contribution in [0.25, 0.3) is 0 Å². The largest absolute Gasteiger partial charge is 0.453 e. The van der Waals surface area contributed by atoms with Gasteiger partial charge in [0.15, 0.2) is 5.96 Å². The smallest absolute Gasteiger partial charge is 0.411 e. The van der Waals surface area contributed by atoms with Gasteiger partial charge >= 0.3 is 6.09 Å². The highest BCUT2D eigenvalue weighted by molar-refractivity contribution is 14.0. The summed E-state index contributed by atoms with van der Waals surface area (Å²) < 4.78 is 4.56. The molecule has 0 unspecified atom stereocenters. The van der Waals surface area contributed by atoms with Crippen molar-refractivity contribution in [2.75, 3.05) is 26.0 Å². The molecule has 0 aliphatic carbocycles. The number of rotatable bonds is 6. The van der Waals surface area contributed by atoms with Gasteiger partial charge in [0, 0.05) is 44.1 Å². The van der Waals surface area contributed by atoms with Gasteiger partial charge in [-0.05, 0) is 29.8 Å². The number of aliphatic imine (C=N–C) groups is 1. The van der Waals surface area contributed by atoms with Crippen LogP contribution in [0, 0.1) is 0 Å². The lowest BCUT2D eigenvalue weighted by molar-refractivity contribution is 0.187. The predicted octanol–water partition coefficient (Wildman–Crippen LogP) is 2.79. The van der Waals surface area contributed by atoms with E-state index in [4.69, 9.17) is 0 Å². The molecule has 7 nitrogen and oxygen atoms in total.